The van der Waals surface area contributed by atoms with Crippen molar-refractivity contribution in [1.82, 2.24) is 4.90 Å². The van der Waals surface area contributed by atoms with Crippen LogP contribution in [0.1, 0.15) is 10.4 Å². The molecule has 96 valence electrons. The van der Waals surface area contributed by atoms with Crippen LogP contribution in [0.3, 0.4) is 0 Å². The van der Waals surface area contributed by atoms with Crippen LogP contribution in [-0.2, 0) is 4.79 Å². The molecule has 1 aromatic rings. The number of rotatable bonds is 3. The van der Waals surface area contributed by atoms with Gasteiger partial charge in [-0.2, -0.15) is 0 Å². The minimum Gasteiger partial charge on any atom is -0.478 e. The molecule has 5 nitrogen and oxygen atoms in total. The van der Waals surface area contributed by atoms with Gasteiger partial charge >= 0.3 is 5.97 Å². The maximum atomic E-state index is 13.5. The Labute approximate surface area is 103 Å². The molecule has 1 saturated heterocycles. The minimum atomic E-state index is -1.28. The lowest BCUT2D eigenvalue weighted by atomic mass is 10.1. The SMILES string of the molecule is O=CN1CCN(c2cccc(F)c2C(=O)O)CC1. The van der Waals surface area contributed by atoms with Crippen LogP contribution in [-0.4, -0.2) is 48.6 Å². The lowest BCUT2D eigenvalue weighted by molar-refractivity contribution is -0.118. The van der Waals surface area contributed by atoms with Crippen LogP contribution >= 0.6 is 0 Å². The number of carboxylic acid groups (broad SMARTS) is 1. The van der Waals surface area contributed by atoms with E-state index in [1.165, 1.54) is 6.07 Å². The summed E-state index contributed by atoms with van der Waals surface area (Å²) in [4.78, 5) is 25.0. The van der Waals surface area contributed by atoms with E-state index in [-0.39, 0.29) is 5.56 Å². The number of benzene rings is 1. The van der Waals surface area contributed by atoms with Gasteiger partial charge in [-0.25, -0.2) is 9.18 Å². The van der Waals surface area contributed by atoms with Gasteiger partial charge in [-0.15, -0.1) is 0 Å². The highest BCUT2D eigenvalue weighted by atomic mass is 19.1. The lowest BCUT2D eigenvalue weighted by Crippen LogP contribution is -2.46. The third-order valence-electron chi connectivity index (χ3n) is 3.01. The quantitative estimate of drug-likeness (QED) is 0.808. The molecule has 1 N–H and O–H groups in total. The molecule has 0 unspecified atom stereocenters. The van der Waals surface area contributed by atoms with Gasteiger partial charge in [0.15, 0.2) is 0 Å². The van der Waals surface area contributed by atoms with Crippen LogP contribution in [0.2, 0.25) is 0 Å². The number of carboxylic acids is 1. The zero-order valence-corrected chi connectivity index (χ0v) is 9.67. The van der Waals surface area contributed by atoms with Crippen molar-refractivity contribution in [2.75, 3.05) is 31.1 Å². The smallest absolute Gasteiger partial charge is 0.340 e. The van der Waals surface area contributed by atoms with Crippen LogP contribution in [0.4, 0.5) is 10.1 Å². The Morgan fingerprint density at radius 2 is 1.94 bits per heavy atom. The fourth-order valence-corrected chi connectivity index (χ4v) is 2.06. The monoisotopic (exact) mass is 252 g/mol. The van der Waals surface area contributed by atoms with Gasteiger partial charge in [0.2, 0.25) is 6.41 Å². The molecule has 0 spiro atoms. The molecule has 2 rings (SSSR count). The van der Waals surface area contributed by atoms with Crippen molar-refractivity contribution < 1.29 is 19.1 Å². The highest BCUT2D eigenvalue weighted by Crippen LogP contribution is 2.24. The van der Waals surface area contributed by atoms with Gasteiger partial charge in [0.05, 0.1) is 5.69 Å². The average Bonchev–Trinajstić information content (AvgIpc) is 2.38. The molecule has 0 aromatic heterocycles. The van der Waals surface area contributed by atoms with Gasteiger partial charge < -0.3 is 14.9 Å². The summed E-state index contributed by atoms with van der Waals surface area (Å²) in [5, 5.41) is 9.04. The first-order valence-corrected chi connectivity index (χ1v) is 5.59. The lowest BCUT2D eigenvalue weighted by Gasteiger charge is -2.34. The number of anilines is 1. The number of nitrogens with zero attached hydrogens (tertiary/aromatic N) is 2. The Bertz CT molecular complexity index is 470. The molecule has 1 heterocycles. The number of carbonyl (C=O) groups excluding carboxylic acids is 1. The molecule has 1 aromatic carbocycles. The molecule has 1 amide bonds. The molecule has 1 aliphatic heterocycles. The fourth-order valence-electron chi connectivity index (χ4n) is 2.06. The van der Waals surface area contributed by atoms with Gasteiger partial charge in [0.1, 0.15) is 11.4 Å². The van der Waals surface area contributed by atoms with E-state index >= 15 is 0 Å². The van der Waals surface area contributed by atoms with Crippen molar-refractivity contribution in [1.29, 1.82) is 0 Å². The number of carbonyl (C=O) groups is 2. The summed E-state index contributed by atoms with van der Waals surface area (Å²) in [6, 6.07) is 4.21. The largest absolute Gasteiger partial charge is 0.478 e. The molecule has 0 radical (unpaired) electrons. The number of piperazine rings is 1. The van der Waals surface area contributed by atoms with Crippen LogP contribution in [0.25, 0.3) is 0 Å². The molecule has 0 bridgehead atoms. The first kappa shape index (κ1) is 12.3. The normalized spacial score (nSPS) is 15.6. The van der Waals surface area contributed by atoms with E-state index in [0.29, 0.717) is 31.9 Å². The second kappa shape index (κ2) is 5.03. The fraction of sp³-hybridized carbons (Fsp3) is 0.333. The van der Waals surface area contributed by atoms with Crippen molar-refractivity contribution >= 4 is 18.1 Å². The van der Waals surface area contributed by atoms with E-state index in [0.717, 1.165) is 12.5 Å². The van der Waals surface area contributed by atoms with Gasteiger partial charge in [0, 0.05) is 26.2 Å². The van der Waals surface area contributed by atoms with Crippen LogP contribution < -0.4 is 4.90 Å². The number of hydrogen-bond donors (Lipinski definition) is 1. The van der Waals surface area contributed by atoms with Crippen molar-refractivity contribution in [3.05, 3.63) is 29.6 Å². The number of hydrogen-bond acceptors (Lipinski definition) is 3. The average molecular weight is 252 g/mol. The first-order chi connectivity index (χ1) is 8.63. The molecule has 1 aliphatic rings. The molecule has 0 atom stereocenters. The highest BCUT2D eigenvalue weighted by Gasteiger charge is 2.23. The Hall–Kier alpha value is -2.11. The predicted octanol–water partition coefficient (Wildman–Crippen LogP) is 0.802. The number of aromatic carboxylic acids is 1. The molecule has 6 heteroatoms. The van der Waals surface area contributed by atoms with E-state index in [1.807, 2.05) is 0 Å². The third kappa shape index (κ3) is 2.27. The summed E-state index contributed by atoms with van der Waals surface area (Å²) in [5.74, 6) is -2.02. The van der Waals surface area contributed by atoms with E-state index in [9.17, 15) is 14.0 Å². The topological polar surface area (TPSA) is 60.9 Å². The Morgan fingerprint density at radius 1 is 1.28 bits per heavy atom. The maximum absolute atomic E-state index is 13.5. The summed E-state index contributed by atoms with van der Waals surface area (Å²) in [5.41, 5.74) is 0.0603. The standard InChI is InChI=1S/C12H13FN2O3/c13-9-2-1-3-10(11(9)12(17)18)15-6-4-14(8-16)5-7-15/h1-3,8H,4-7H2,(H,17,18). The Morgan fingerprint density at radius 3 is 2.50 bits per heavy atom. The second-order valence-corrected chi connectivity index (χ2v) is 4.07. The highest BCUT2D eigenvalue weighted by molar-refractivity contribution is 5.94. The van der Waals surface area contributed by atoms with E-state index in [4.69, 9.17) is 5.11 Å². The molecular formula is C12H13FN2O3. The summed E-state index contributed by atoms with van der Waals surface area (Å²) in [6.07, 6.45) is 0.765. The summed E-state index contributed by atoms with van der Waals surface area (Å²) in [7, 11) is 0. The second-order valence-electron chi connectivity index (χ2n) is 4.07. The zero-order valence-electron chi connectivity index (χ0n) is 9.67. The Balaban J connectivity index is 2.26. The van der Waals surface area contributed by atoms with E-state index in [2.05, 4.69) is 0 Å². The molecule has 18 heavy (non-hydrogen) atoms. The minimum absolute atomic E-state index is 0.308. The zero-order chi connectivity index (χ0) is 13.1. The van der Waals surface area contributed by atoms with Gasteiger partial charge in [0.25, 0.3) is 0 Å². The summed E-state index contributed by atoms with van der Waals surface area (Å²) in [6.45, 7) is 2.03. The van der Waals surface area contributed by atoms with Crippen molar-refractivity contribution in [3.8, 4) is 0 Å². The van der Waals surface area contributed by atoms with Crippen LogP contribution in [0, 0.1) is 5.82 Å². The molecular weight excluding hydrogens is 239 g/mol. The molecule has 0 saturated carbocycles. The maximum Gasteiger partial charge on any atom is 0.340 e. The molecule has 0 aliphatic carbocycles. The van der Waals surface area contributed by atoms with Gasteiger partial charge in [-0.3, -0.25) is 4.79 Å². The van der Waals surface area contributed by atoms with Crippen LogP contribution in [0.5, 0.6) is 0 Å². The summed E-state index contributed by atoms with van der Waals surface area (Å²) >= 11 is 0. The number of amides is 1. The first-order valence-electron chi connectivity index (χ1n) is 5.59. The van der Waals surface area contributed by atoms with Gasteiger partial charge in [-0.1, -0.05) is 6.07 Å². The predicted molar refractivity (Wildman–Crippen MR) is 63.2 cm³/mol. The van der Waals surface area contributed by atoms with Crippen LogP contribution in [0.15, 0.2) is 18.2 Å². The summed E-state index contributed by atoms with van der Waals surface area (Å²) < 4.78 is 13.5. The molecule has 1 fully saturated rings. The third-order valence-corrected chi connectivity index (χ3v) is 3.01. The van der Waals surface area contributed by atoms with E-state index in [1.54, 1.807) is 15.9 Å². The Kier molecular flexibility index (Phi) is 3.45. The number of halogens is 1. The van der Waals surface area contributed by atoms with Crippen molar-refractivity contribution in [2.45, 2.75) is 0 Å². The van der Waals surface area contributed by atoms with Gasteiger partial charge in [-0.05, 0) is 12.1 Å². The van der Waals surface area contributed by atoms with E-state index < -0.39 is 11.8 Å². The van der Waals surface area contributed by atoms with Crippen molar-refractivity contribution in [2.24, 2.45) is 0 Å². The van der Waals surface area contributed by atoms with Crippen molar-refractivity contribution in [3.63, 3.8) is 0 Å².